The van der Waals surface area contributed by atoms with Gasteiger partial charge >= 0.3 is 0 Å². The summed E-state index contributed by atoms with van der Waals surface area (Å²) in [5, 5.41) is 1.37. The van der Waals surface area contributed by atoms with Gasteiger partial charge in [-0.25, -0.2) is 0 Å². The van der Waals surface area contributed by atoms with Crippen molar-refractivity contribution in [3.63, 3.8) is 0 Å². The second-order valence-corrected chi connectivity index (χ2v) is 6.12. The third-order valence-corrected chi connectivity index (χ3v) is 4.16. The number of fused-ring (bicyclic) bond motifs is 1. The third kappa shape index (κ3) is 2.57. The highest BCUT2D eigenvalue weighted by molar-refractivity contribution is 7.98. The van der Waals surface area contributed by atoms with Gasteiger partial charge in [-0.1, -0.05) is 13.0 Å². The minimum Gasteiger partial charge on any atom is -0.345 e. The van der Waals surface area contributed by atoms with Crippen LogP contribution in [0.25, 0.3) is 10.9 Å². The summed E-state index contributed by atoms with van der Waals surface area (Å²) in [5.74, 6) is 2.24. The van der Waals surface area contributed by atoms with Crippen LogP contribution in [0.3, 0.4) is 0 Å². The third-order valence-electron chi connectivity index (χ3n) is 3.23. The molecule has 1 aromatic carbocycles. The van der Waals surface area contributed by atoms with Crippen LogP contribution in [0.4, 0.5) is 0 Å². The second-order valence-electron chi connectivity index (χ2n) is 4.85. The van der Waals surface area contributed by atoms with Gasteiger partial charge in [0, 0.05) is 35.4 Å². The molecular weight excluding hydrogens is 240 g/mol. The van der Waals surface area contributed by atoms with Gasteiger partial charge in [0.05, 0.1) is 0 Å². The van der Waals surface area contributed by atoms with Crippen LogP contribution in [-0.2, 0) is 12.3 Å². The Bertz CT molecular complexity index is 529. The van der Waals surface area contributed by atoms with Crippen LogP contribution in [-0.4, -0.2) is 10.3 Å². The number of benzene rings is 1. The molecule has 0 atom stereocenters. The quantitative estimate of drug-likeness (QED) is 0.885. The standard InChI is InChI=1S/C15H22N2S/c1-4-18-10-13-9-17(11(2)3)15-6-5-12(8-16)7-14(13)15/h5-7,9,11H,4,8,10,16H2,1-3H3. The van der Waals surface area contributed by atoms with E-state index in [9.17, 15) is 0 Å². The summed E-state index contributed by atoms with van der Waals surface area (Å²) < 4.78 is 2.36. The van der Waals surface area contributed by atoms with Crippen LogP contribution < -0.4 is 5.73 Å². The summed E-state index contributed by atoms with van der Waals surface area (Å²) in [7, 11) is 0. The maximum atomic E-state index is 5.75. The maximum absolute atomic E-state index is 5.75. The molecule has 0 fully saturated rings. The van der Waals surface area contributed by atoms with Gasteiger partial charge in [0.15, 0.2) is 0 Å². The monoisotopic (exact) mass is 262 g/mol. The molecule has 0 bridgehead atoms. The highest BCUT2D eigenvalue weighted by Gasteiger charge is 2.10. The van der Waals surface area contributed by atoms with Crippen molar-refractivity contribution in [2.24, 2.45) is 5.73 Å². The Hall–Kier alpha value is -0.930. The zero-order valence-corrected chi connectivity index (χ0v) is 12.3. The predicted molar refractivity (Wildman–Crippen MR) is 82.1 cm³/mol. The fourth-order valence-electron chi connectivity index (χ4n) is 2.25. The number of aromatic nitrogens is 1. The van der Waals surface area contributed by atoms with E-state index in [1.54, 1.807) is 0 Å². The first kappa shape index (κ1) is 13.5. The molecule has 0 radical (unpaired) electrons. The van der Waals surface area contributed by atoms with E-state index in [1.165, 1.54) is 22.0 Å². The molecule has 2 rings (SSSR count). The molecule has 0 spiro atoms. The van der Waals surface area contributed by atoms with E-state index in [0.717, 1.165) is 11.5 Å². The molecular formula is C15H22N2S. The highest BCUT2D eigenvalue weighted by atomic mass is 32.2. The summed E-state index contributed by atoms with van der Waals surface area (Å²) in [6.07, 6.45) is 2.30. The number of rotatable bonds is 5. The van der Waals surface area contributed by atoms with Crippen molar-refractivity contribution in [3.8, 4) is 0 Å². The number of nitrogens with two attached hydrogens (primary N) is 1. The van der Waals surface area contributed by atoms with Gasteiger partial charge in [-0.2, -0.15) is 11.8 Å². The summed E-state index contributed by atoms with van der Waals surface area (Å²) in [6.45, 7) is 7.28. The molecule has 0 aliphatic heterocycles. The SMILES string of the molecule is CCSCc1cn(C(C)C)c2ccc(CN)cc12. The average molecular weight is 262 g/mol. The van der Waals surface area contributed by atoms with Gasteiger partial charge in [0.2, 0.25) is 0 Å². The van der Waals surface area contributed by atoms with Gasteiger partial charge in [-0.15, -0.1) is 0 Å². The molecule has 0 unspecified atom stereocenters. The zero-order chi connectivity index (χ0) is 13.1. The van der Waals surface area contributed by atoms with Crippen molar-refractivity contribution in [1.82, 2.24) is 4.57 Å². The fourth-order valence-corrected chi connectivity index (χ4v) is 2.91. The second kappa shape index (κ2) is 5.81. The molecule has 0 saturated carbocycles. The fraction of sp³-hybridized carbons (Fsp3) is 0.467. The van der Waals surface area contributed by atoms with Gasteiger partial charge in [-0.05, 0) is 42.9 Å². The van der Waals surface area contributed by atoms with E-state index in [2.05, 4.69) is 49.7 Å². The smallest absolute Gasteiger partial charge is 0.0486 e. The number of nitrogens with zero attached hydrogens (tertiary/aromatic N) is 1. The molecule has 2 nitrogen and oxygen atoms in total. The summed E-state index contributed by atoms with van der Waals surface area (Å²) >= 11 is 1.97. The minimum absolute atomic E-state index is 0.497. The normalized spacial score (nSPS) is 11.6. The topological polar surface area (TPSA) is 30.9 Å². The molecule has 3 heteroatoms. The van der Waals surface area contributed by atoms with Crippen LogP contribution >= 0.6 is 11.8 Å². The summed E-state index contributed by atoms with van der Waals surface area (Å²) in [6, 6.07) is 7.09. The molecule has 0 amide bonds. The first-order valence-electron chi connectivity index (χ1n) is 6.57. The van der Waals surface area contributed by atoms with Gasteiger partial charge < -0.3 is 10.3 Å². The zero-order valence-electron chi connectivity index (χ0n) is 11.4. The molecule has 1 aromatic heterocycles. The first-order valence-corrected chi connectivity index (χ1v) is 7.73. The van der Waals surface area contributed by atoms with Crippen molar-refractivity contribution in [2.45, 2.75) is 39.1 Å². The minimum atomic E-state index is 0.497. The molecule has 98 valence electrons. The Balaban J connectivity index is 2.53. The summed E-state index contributed by atoms with van der Waals surface area (Å²) in [4.78, 5) is 0. The lowest BCUT2D eigenvalue weighted by molar-refractivity contribution is 0.621. The number of hydrogen-bond acceptors (Lipinski definition) is 2. The van der Waals surface area contributed by atoms with Crippen molar-refractivity contribution < 1.29 is 0 Å². The molecule has 1 heterocycles. The Morgan fingerprint density at radius 1 is 1.33 bits per heavy atom. The van der Waals surface area contributed by atoms with Gasteiger partial charge in [-0.3, -0.25) is 0 Å². The molecule has 2 aromatic rings. The lowest BCUT2D eigenvalue weighted by Gasteiger charge is -2.09. The van der Waals surface area contributed by atoms with E-state index < -0.39 is 0 Å². The first-order chi connectivity index (χ1) is 8.67. The van der Waals surface area contributed by atoms with Crippen molar-refractivity contribution in [3.05, 3.63) is 35.5 Å². The van der Waals surface area contributed by atoms with Crippen LogP contribution in [0.2, 0.25) is 0 Å². The Kier molecular flexibility index (Phi) is 4.36. The number of thioether (sulfide) groups is 1. The molecule has 18 heavy (non-hydrogen) atoms. The number of hydrogen-bond donors (Lipinski definition) is 1. The van der Waals surface area contributed by atoms with Crippen molar-refractivity contribution >= 4 is 22.7 Å². The van der Waals surface area contributed by atoms with Crippen molar-refractivity contribution in [2.75, 3.05) is 5.75 Å². The van der Waals surface area contributed by atoms with Crippen LogP contribution in [0.1, 0.15) is 37.9 Å². The van der Waals surface area contributed by atoms with E-state index in [4.69, 9.17) is 5.73 Å². The molecule has 0 aliphatic rings. The lowest BCUT2D eigenvalue weighted by Crippen LogP contribution is -1.99. The van der Waals surface area contributed by atoms with Crippen LogP contribution in [0, 0.1) is 0 Å². The van der Waals surface area contributed by atoms with Gasteiger partial charge in [0.25, 0.3) is 0 Å². The Morgan fingerprint density at radius 2 is 2.11 bits per heavy atom. The maximum Gasteiger partial charge on any atom is 0.0486 e. The van der Waals surface area contributed by atoms with E-state index in [0.29, 0.717) is 12.6 Å². The molecule has 0 aliphatic carbocycles. The molecule has 2 N–H and O–H groups in total. The largest absolute Gasteiger partial charge is 0.345 e. The predicted octanol–water partition coefficient (Wildman–Crippen LogP) is 3.93. The lowest BCUT2D eigenvalue weighted by atomic mass is 10.1. The van der Waals surface area contributed by atoms with E-state index in [-0.39, 0.29) is 0 Å². The Labute approximate surface area is 114 Å². The van der Waals surface area contributed by atoms with E-state index >= 15 is 0 Å². The summed E-state index contributed by atoms with van der Waals surface area (Å²) in [5.41, 5.74) is 9.72. The van der Waals surface area contributed by atoms with Crippen molar-refractivity contribution in [1.29, 1.82) is 0 Å². The highest BCUT2D eigenvalue weighted by Crippen LogP contribution is 2.28. The van der Waals surface area contributed by atoms with Crippen LogP contribution in [0.5, 0.6) is 0 Å². The van der Waals surface area contributed by atoms with Gasteiger partial charge in [0.1, 0.15) is 0 Å². The molecule has 0 saturated heterocycles. The Morgan fingerprint density at radius 3 is 2.72 bits per heavy atom. The average Bonchev–Trinajstić information content (AvgIpc) is 2.74. The van der Waals surface area contributed by atoms with E-state index in [1.807, 2.05) is 11.8 Å². The van der Waals surface area contributed by atoms with Crippen LogP contribution in [0.15, 0.2) is 24.4 Å².